The Morgan fingerprint density at radius 1 is 1.43 bits per heavy atom. The van der Waals surface area contributed by atoms with Crippen LogP contribution in [0.3, 0.4) is 0 Å². The van der Waals surface area contributed by atoms with Crippen LogP contribution in [0.15, 0.2) is 0 Å². The fourth-order valence-electron chi connectivity index (χ4n) is 1.75. The van der Waals surface area contributed by atoms with Crippen molar-refractivity contribution in [3.63, 3.8) is 0 Å². The quantitative estimate of drug-likeness (QED) is 0.464. The van der Waals surface area contributed by atoms with Crippen LogP contribution in [0.5, 0.6) is 0 Å². The lowest BCUT2D eigenvalue weighted by molar-refractivity contribution is -0.153. The largest absolute Gasteiger partial charge is 0.345 e. The topological polar surface area (TPSA) is 78.5 Å². The molecule has 2 fully saturated rings. The van der Waals surface area contributed by atoms with Crippen molar-refractivity contribution in [2.24, 2.45) is 0 Å². The molecule has 2 aliphatic rings. The fraction of sp³-hybridized carbons (Fsp3) is 0.625. The molecule has 6 heteroatoms. The second-order valence-corrected chi connectivity index (χ2v) is 3.69. The first-order valence-electron chi connectivity index (χ1n) is 4.38. The van der Waals surface area contributed by atoms with Crippen LogP contribution in [0.4, 0.5) is 0 Å². The van der Waals surface area contributed by atoms with Crippen LogP contribution < -0.4 is 10.6 Å². The smallest absolute Gasteiger partial charge is 0.249 e. The van der Waals surface area contributed by atoms with Crippen LogP contribution in [0, 0.1) is 0 Å². The van der Waals surface area contributed by atoms with Crippen molar-refractivity contribution >= 4 is 17.7 Å². The third-order valence-corrected chi connectivity index (χ3v) is 2.59. The molecule has 2 heterocycles. The van der Waals surface area contributed by atoms with Crippen molar-refractivity contribution in [2.75, 3.05) is 19.6 Å². The molecule has 76 valence electrons. The summed E-state index contributed by atoms with van der Waals surface area (Å²) in [4.78, 5) is 35.0. The lowest BCUT2D eigenvalue weighted by Crippen LogP contribution is -2.80. The Bertz CT molecular complexity index is 320. The zero-order valence-electron chi connectivity index (χ0n) is 7.79. The van der Waals surface area contributed by atoms with Crippen molar-refractivity contribution < 1.29 is 14.4 Å². The average molecular weight is 197 g/mol. The summed E-state index contributed by atoms with van der Waals surface area (Å²) >= 11 is 0. The maximum Gasteiger partial charge on any atom is 0.249 e. The molecule has 0 atom stereocenters. The van der Waals surface area contributed by atoms with Crippen molar-refractivity contribution in [3.05, 3.63) is 0 Å². The molecule has 3 amide bonds. The summed E-state index contributed by atoms with van der Waals surface area (Å²) in [7, 11) is 0. The molecule has 0 aromatic heterocycles. The molecule has 0 radical (unpaired) electrons. The molecule has 0 aromatic carbocycles. The summed E-state index contributed by atoms with van der Waals surface area (Å²) in [6.07, 6.45) is 0. The molecule has 0 aromatic rings. The molecule has 0 aliphatic carbocycles. The molecule has 2 N–H and O–H groups in total. The average Bonchev–Trinajstić information content (AvgIpc) is 2.04. The Morgan fingerprint density at radius 2 is 2.07 bits per heavy atom. The van der Waals surface area contributed by atoms with Crippen LogP contribution >= 0.6 is 0 Å². The van der Waals surface area contributed by atoms with Crippen molar-refractivity contribution in [3.8, 4) is 0 Å². The fourth-order valence-corrected chi connectivity index (χ4v) is 1.75. The van der Waals surface area contributed by atoms with Crippen LogP contribution in [0.2, 0.25) is 0 Å². The summed E-state index contributed by atoms with van der Waals surface area (Å²) in [5.41, 5.74) is -0.860. The number of amides is 3. The number of likely N-dealkylation sites (tertiary alicyclic amines) is 1. The number of nitrogens with one attached hydrogen (secondary N) is 2. The van der Waals surface area contributed by atoms with Gasteiger partial charge in [0.15, 0.2) is 5.54 Å². The van der Waals surface area contributed by atoms with E-state index in [0.717, 1.165) is 0 Å². The van der Waals surface area contributed by atoms with E-state index in [2.05, 4.69) is 10.6 Å². The summed E-state index contributed by atoms with van der Waals surface area (Å²) in [6, 6.07) is 0. The number of rotatable bonds is 0. The maximum atomic E-state index is 11.4. The van der Waals surface area contributed by atoms with Gasteiger partial charge in [-0.05, 0) is 0 Å². The Hall–Kier alpha value is -1.59. The van der Waals surface area contributed by atoms with Crippen molar-refractivity contribution in [2.45, 2.75) is 12.5 Å². The zero-order valence-corrected chi connectivity index (χ0v) is 7.79. The van der Waals surface area contributed by atoms with Gasteiger partial charge >= 0.3 is 0 Å². The lowest BCUT2D eigenvalue weighted by atomic mass is 9.87. The molecule has 2 saturated heterocycles. The van der Waals surface area contributed by atoms with Gasteiger partial charge in [-0.25, -0.2) is 0 Å². The van der Waals surface area contributed by atoms with Gasteiger partial charge in [0.05, 0.1) is 19.6 Å². The molecular weight excluding hydrogens is 186 g/mol. The maximum absolute atomic E-state index is 11.4. The minimum Gasteiger partial charge on any atom is -0.345 e. The van der Waals surface area contributed by atoms with E-state index >= 15 is 0 Å². The van der Waals surface area contributed by atoms with E-state index < -0.39 is 5.54 Å². The monoisotopic (exact) mass is 197 g/mol. The predicted octanol–water partition coefficient (Wildman–Crippen LogP) is -2.17. The highest BCUT2D eigenvalue weighted by atomic mass is 16.2. The van der Waals surface area contributed by atoms with Gasteiger partial charge in [-0.15, -0.1) is 0 Å². The highest BCUT2D eigenvalue weighted by molar-refractivity contribution is 6.00. The SMILES string of the molecule is CC(=O)N1CC2(C1)NC(=O)CNC2=O. The second kappa shape index (κ2) is 2.70. The molecule has 2 rings (SSSR count). The van der Waals surface area contributed by atoms with E-state index in [0.29, 0.717) is 0 Å². The normalized spacial score (nSPS) is 23.9. The Labute approximate surface area is 80.6 Å². The minimum absolute atomic E-state index is 0.0284. The number of carbonyl (C=O) groups excluding carboxylic acids is 3. The summed E-state index contributed by atoms with van der Waals surface area (Å²) < 4.78 is 0. The zero-order chi connectivity index (χ0) is 10.3. The summed E-state index contributed by atoms with van der Waals surface area (Å²) in [5, 5.41) is 5.11. The van der Waals surface area contributed by atoms with Gasteiger partial charge in [0.1, 0.15) is 0 Å². The second-order valence-electron chi connectivity index (χ2n) is 3.69. The Morgan fingerprint density at radius 3 is 2.64 bits per heavy atom. The van der Waals surface area contributed by atoms with Crippen LogP contribution in [0.25, 0.3) is 0 Å². The van der Waals surface area contributed by atoms with E-state index in [-0.39, 0.29) is 37.4 Å². The van der Waals surface area contributed by atoms with Gasteiger partial charge in [-0.2, -0.15) is 0 Å². The highest BCUT2D eigenvalue weighted by Gasteiger charge is 2.53. The third kappa shape index (κ3) is 1.14. The number of carbonyl (C=O) groups is 3. The molecule has 0 bridgehead atoms. The number of hydrogen-bond acceptors (Lipinski definition) is 3. The number of piperazine rings is 1. The van der Waals surface area contributed by atoms with E-state index in [4.69, 9.17) is 0 Å². The van der Waals surface area contributed by atoms with Gasteiger partial charge in [-0.1, -0.05) is 0 Å². The van der Waals surface area contributed by atoms with Crippen LogP contribution in [0.1, 0.15) is 6.92 Å². The molecule has 6 nitrogen and oxygen atoms in total. The first kappa shape index (κ1) is 8.98. The van der Waals surface area contributed by atoms with Crippen LogP contribution in [-0.4, -0.2) is 47.8 Å². The molecule has 14 heavy (non-hydrogen) atoms. The van der Waals surface area contributed by atoms with Gasteiger partial charge in [0.25, 0.3) is 0 Å². The Balaban J connectivity index is 2.07. The van der Waals surface area contributed by atoms with Crippen LogP contribution in [-0.2, 0) is 14.4 Å². The van der Waals surface area contributed by atoms with Gasteiger partial charge < -0.3 is 15.5 Å². The van der Waals surface area contributed by atoms with E-state index in [1.807, 2.05) is 0 Å². The standard InChI is InChI=1S/C8H11N3O3/c1-5(12)11-3-8(4-11)7(14)9-2-6(13)10-8/h2-4H2,1H3,(H,9,14)(H,10,13). The van der Waals surface area contributed by atoms with E-state index in [9.17, 15) is 14.4 Å². The van der Waals surface area contributed by atoms with E-state index in [1.165, 1.54) is 11.8 Å². The summed E-state index contributed by atoms with van der Waals surface area (Å²) in [5.74, 6) is -0.481. The highest BCUT2D eigenvalue weighted by Crippen LogP contribution is 2.22. The van der Waals surface area contributed by atoms with Crippen molar-refractivity contribution in [1.29, 1.82) is 0 Å². The first-order chi connectivity index (χ1) is 6.53. The van der Waals surface area contributed by atoms with Gasteiger partial charge in [-0.3, -0.25) is 14.4 Å². The molecular formula is C8H11N3O3. The number of hydrogen-bond donors (Lipinski definition) is 2. The summed E-state index contributed by atoms with van der Waals surface area (Å²) in [6.45, 7) is 2.02. The van der Waals surface area contributed by atoms with Gasteiger partial charge in [0.2, 0.25) is 17.7 Å². The van der Waals surface area contributed by atoms with Gasteiger partial charge in [0, 0.05) is 6.92 Å². The minimum atomic E-state index is -0.860. The lowest BCUT2D eigenvalue weighted by Gasteiger charge is -2.50. The Kier molecular flexibility index (Phi) is 1.73. The van der Waals surface area contributed by atoms with Crippen molar-refractivity contribution in [1.82, 2.24) is 15.5 Å². The van der Waals surface area contributed by atoms with E-state index in [1.54, 1.807) is 0 Å². The molecule has 0 unspecified atom stereocenters. The molecule has 0 saturated carbocycles. The molecule has 1 spiro atoms. The third-order valence-electron chi connectivity index (χ3n) is 2.59. The predicted molar refractivity (Wildman–Crippen MR) is 46.1 cm³/mol. The number of nitrogens with zero attached hydrogens (tertiary/aromatic N) is 1. The first-order valence-corrected chi connectivity index (χ1v) is 4.38. The molecule has 2 aliphatic heterocycles.